The molecule has 12 heavy (non-hydrogen) atoms. The van der Waals surface area contributed by atoms with E-state index < -0.39 is 7.71 Å². The van der Waals surface area contributed by atoms with Crippen molar-refractivity contribution in [2.75, 3.05) is 20.1 Å². The van der Waals surface area contributed by atoms with Gasteiger partial charge in [0.15, 0.2) is 0 Å². The lowest BCUT2D eigenvalue weighted by atomic mass is 10.6. The van der Waals surface area contributed by atoms with Crippen molar-refractivity contribution < 1.29 is 0 Å². The molecule has 0 saturated heterocycles. The van der Waals surface area contributed by atoms with Gasteiger partial charge in [-0.3, -0.25) is 0 Å². The number of hydrogen-bond donors (Lipinski definition) is 1. The molecule has 0 radical (unpaired) electrons. The van der Waals surface area contributed by atoms with Gasteiger partial charge < -0.3 is 9.55 Å². The van der Waals surface area contributed by atoms with Crippen molar-refractivity contribution in [2.24, 2.45) is 0 Å². The molecule has 0 spiro atoms. The van der Waals surface area contributed by atoms with Crippen molar-refractivity contribution in [3.8, 4) is 0 Å². The van der Waals surface area contributed by atoms with Gasteiger partial charge in [0.05, 0.1) is 0 Å². The van der Waals surface area contributed by atoms with E-state index in [0.29, 0.717) is 5.54 Å². The molecule has 0 amide bonds. The molecule has 0 saturated carbocycles. The van der Waals surface area contributed by atoms with Crippen LogP contribution >= 0.6 is 11.1 Å². The molecule has 0 aliphatic carbocycles. The van der Waals surface area contributed by atoms with Crippen LogP contribution in [0.4, 0.5) is 0 Å². The Morgan fingerprint density at radius 2 is 1.75 bits per heavy atom. The van der Waals surface area contributed by atoms with Crippen molar-refractivity contribution in [2.45, 2.75) is 33.2 Å². The predicted molar refractivity (Wildman–Crippen MR) is 58.7 cm³/mol. The first-order valence-electron chi connectivity index (χ1n) is 4.65. The van der Waals surface area contributed by atoms with E-state index in [2.05, 4.69) is 37.2 Å². The fourth-order valence-electron chi connectivity index (χ4n) is 1.50. The van der Waals surface area contributed by atoms with E-state index in [1.54, 1.807) is 0 Å². The van der Waals surface area contributed by atoms with Crippen LogP contribution in [-0.2, 0) is 0 Å². The maximum atomic E-state index is 6.58. The van der Waals surface area contributed by atoms with E-state index in [0.717, 1.165) is 13.1 Å². The van der Waals surface area contributed by atoms with Crippen LogP contribution in [0.3, 0.4) is 0 Å². The summed E-state index contributed by atoms with van der Waals surface area (Å²) in [7, 11) is 0.0952. The zero-order chi connectivity index (χ0) is 9.78. The first-order valence-corrected chi connectivity index (χ1v) is 7.69. The van der Waals surface area contributed by atoms with Crippen LogP contribution in [0.1, 0.15) is 27.7 Å². The van der Waals surface area contributed by atoms with Crippen molar-refractivity contribution in [1.82, 2.24) is 9.55 Å². The summed E-state index contributed by atoms with van der Waals surface area (Å²) in [5.41, 5.74) is 0.532. The Bertz CT molecular complexity index is 128. The highest BCUT2D eigenvalue weighted by Crippen LogP contribution is 2.25. The fourth-order valence-corrected chi connectivity index (χ4v) is 4.76. The van der Waals surface area contributed by atoms with Crippen molar-refractivity contribution in [3.05, 3.63) is 0 Å². The maximum absolute atomic E-state index is 6.58. The number of nitrogens with one attached hydrogen (secondary N) is 1. The van der Waals surface area contributed by atoms with Crippen molar-refractivity contribution >= 4 is 18.8 Å². The summed E-state index contributed by atoms with van der Waals surface area (Å²) in [4.78, 5) is 3.31. The quantitative estimate of drug-likeness (QED) is 0.550. The Kier molecular flexibility index (Phi) is 5.41. The van der Waals surface area contributed by atoms with Gasteiger partial charge in [0.1, 0.15) is 0 Å². The normalized spacial score (nSPS) is 17.0. The molecule has 4 heteroatoms. The lowest BCUT2D eigenvalue weighted by molar-refractivity contribution is 0.454. The standard InChI is InChI=1S/C8H21ClN2Si/c1-6-11(7-2)12(9,10-5)8(3)4/h8,10H,6-7H2,1-5H3. The average molecular weight is 209 g/mol. The highest BCUT2D eigenvalue weighted by molar-refractivity contribution is 7.17. The third kappa shape index (κ3) is 2.46. The molecule has 2 nitrogen and oxygen atoms in total. The second kappa shape index (κ2) is 5.22. The highest BCUT2D eigenvalue weighted by atomic mass is 35.6. The Labute approximate surface area is 82.2 Å². The average Bonchev–Trinajstić information content (AvgIpc) is 2.05. The second-order valence-corrected chi connectivity index (χ2v) is 8.61. The van der Waals surface area contributed by atoms with E-state index in [1.807, 2.05) is 7.05 Å². The summed E-state index contributed by atoms with van der Waals surface area (Å²) in [5, 5.41) is 0. The minimum Gasteiger partial charge on any atom is -0.316 e. The molecule has 0 aromatic rings. The summed E-state index contributed by atoms with van der Waals surface area (Å²) >= 11 is 6.58. The minimum atomic E-state index is -1.87. The SMILES string of the molecule is CCN(CC)[Si](Cl)(NC)C(C)C. The van der Waals surface area contributed by atoms with Gasteiger partial charge in [-0.2, -0.15) is 0 Å². The number of nitrogens with zero attached hydrogens (tertiary/aromatic N) is 1. The number of hydrogen-bond acceptors (Lipinski definition) is 2. The summed E-state index contributed by atoms with van der Waals surface area (Å²) in [6.45, 7) is 10.8. The van der Waals surface area contributed by atoms with E-state index in [4.69, 9.17) is 11.1 Å². The zero-order valence-corrected chi connectivity index (χ0v) is 10.6. The zero-order valence-electron chi connectivity index (χ0n) is 8.82. The van der Waals surface area contributed by atoms with E-state index in [-0.39, 0.29) is 0 Å². The molecular formula is C8H21ClN2Si. The van der Waals surface area contributed by atoms with Gasteiger partial charge in [0, 0.05) is 0 Å². The molecule has 0 bridgehead atoms. The molecular weight excluding hydrogens is 188 g/mol. The molecule has 0 fully saturated rings. The van der Waals surface area contributed by atoms with Crippen LogP contribution in [0, 0.1) is 0 Å². The molecule has 0 rings (SSSR count). The van der Waals surface area contributed by atoms with Crippen LogP contribution in [-0.4, -0.2) is 32.4 Å². The topological polar surface area (TPSA) is 15.3 Å². The smallest absolute Gasteiger partial charge is 0.307 e. The molecule has 0 aromatic heterocycles. The van der Waals surface area contributed by atoms with Crippen LogP contribution in [0.25, 0.3) is 0 Å². The summed E-state index contributed by atoms with van der Waals surface area (Å²) in [6, 6.07) is 0. The molecule has 1 atom stereocenters. The van der Waals surface area contributed by atoms with Gasteiger partial charge in [-0.15, -0.1) is 11.1 Å². The fraction of sp³-hybridized carbons (Fsp3) is 1.00. The lowest BCUT2D eigenvalue weighted by Gasteiger charge is -2.37. The molecule has 0 aliphatic heterocycles. The van der Waals surface area contributed by atoms with Crippen molar-refractivity contribution in [3.63, 3.8) is 0 Å². The summed E-state index contributed by atoms with van der Waals surface area (Å²) < 4.78 is 2.36. The summed E-state index contributed by atoms with van der Waals surface area (Å²) in [5.74, 6) is 0. The molecule has 74 valence electrons. The van der Waals surface area contributed by atoms with E-state index in [1.165, 1.54) is 0 Å². The Hall–Kier alpha value is 0.427. The van der Waals surface area contributed by atoms with Gasteiger partial charge in [0.2, 0.25) is 0 Å². The molecule has 0 aliphatic rings. The van der Waals surface area contributed by atoms with Gasteiger partial charge in [-0.05, 0) is 25.7 Å². The Balaban J connectivity index is 4.47. The third-order valence-electron chi connectivity index (χ3n) is 2.34. The molecule has 0 heterocycles. The van der Waals surface area contributed by atoms with Gasteiger partial charge in [-0.1, -0.05) is 27.7 Å². The van der Waals surface area contributed by atoms with Crippen LogP contribution < -0.4 is 4.98 Å². The maximum Gasteiger partial charge on any atom is 0.307 e. The van der Waals surface area contributed by atoms with Gasteiger partial charge in [-0.25, -0.2) is 0 Å². The highest BCUT2D eigenvalue weighted by Gasteiger charge is 2.39. The largest absolute Gasteiger partial charge is 0.316 e. The van der Waals surface area contributed by atoms with Crippen LogP contribution in [0.15, 0.2) is 0 Å². The molecule has 1 unspecified atom stereocenters. The monoisotopic (exact) mass is 208 g/mol. The minimum absolute atomic E-state index is 0.532. The first kappa shape index (κ1) is 12.4. The predicted octanol–water partition coefficient (Wildman–Crippen LogP) is 2.14. The van der Waals surface area contributed by atoms with Gasteiger partial charge >= 0.3 is 7.71 Å². The number of rotatable bonds is 5. The third-order valence-corrected chi connectivity index (χ3v) is 8.72. The van der Waals surface area contributed by atoms with E-state index >= 15 is 0 Å². The van der Waals surface area contributed by atoms with Crippen LogP contribution in [0.2, 0.25) is 5.54 Å². The lowest BCUT2D eigenvalue weighted by Crippen LogP contribution is -2.60. The van der Waals surface area contributed by atoms with E-state index in [9.17, 15) is 0 Å². The molecule has 0 aromatic carbocycles. The van der Waals surface area contributed by atoms with Crippen LogP contribution in [0.5, 0.6) is 0 Å². The summed E-state index contributed by atoms with van der Waals surface area (Å²) in [6.07, 6.45) is 0. The number of halogens is 1. The Morgan fingerprint density at radius 1 is 1.33 bits per heavy atom. The Morgan fingerprint density at radius 3 is 1.83 bits per heavy atom. The first-order chi connectivity index (χ1) is 5.52. The van der Waals surface area contributed by atoms with Gasteiger partial charge in [0.25, 0.3) is 0 Å². The van der Waals surface area contributed by atoms with Crippen molar-refractivity contribution in [1.29, 1.82) is 0 Å². The second-order valence-electron chi connectivity index (χ2n) is 3.25. The molecule has 1 N–H and O–H groups in total.